The Balaban J connectivity index is 1.94. The molecule has 0 aromatic heterocycles. The third-order valence-corrected chi connectivity index (χ3v) is 5.72. The van der Waals surface area contributed by atoms with Crippen LogP contribution in [-0.2, 0) is 6.54 Å². The minimum absolute atomic E-state index is 0.653. The first-order valence-electron chi connectivity index (χ1n) is 7.85. The molecule has 1 aromatic rings. The summed E-state index contributed by atoms with van der Waals surface area (Å²) in [6.45, 7) is 8.34. The summed E-state index contributed by atoms with van der Waals surface area (Å²) < 4.78 is 7.66. The van der Waals surface area contributed by atoms with Gasteiger partial charge in [0.2, 0.25) is 0 Å². The van der Waals surface area contributed by atoms with E-state index in [4.69, 9.17) is 4.74 Å². The Labute approximate surface area is 145 Å². The van der Waals surface area contributed by atoms with Gasteiger partial charge in [0.1, 0.15) is 5.75 Å². The molecule has 1 saturated carbocycles. The fourth-order valence-electron chi connectivity index (χ4n) is 2.99. The second kappa shape index (κ2) is 7.98. The molecule has 21 heavy (non-hydrogen) atoms. The highest BCUT2D eigenvalue weighted by Crippen LogP contribution is 2.35. The lowest BCUT2D eigenvalue weighted by molar-refractivity contribution is 0.225. The van der Waals surface area contributed by atoms with Crippen molar-refractivity contribution in [2.24, 2.45) is 11.8 Å². The maximum atomic E-state index is 5.63. The molecule has 0 aliphatic heterocycles. The normalized spacial score (nSPS) is 25.9. The number of rotatable bonds is 5. The standard InChI is InChI=1S/C17H25Br2NO/c1-4-21-17-15(18)8-13(9-16(17)19)10-20-14-6-5-11(2)12(3)7-14/h8-9,11-12,14,20H,4-7,10H2,1-3H3. The minimum atomic E-state index is 0.653. The van der Waals surface area contributed by atoms with E-state index < -0.39 is 0 Å². The van der Waals surface area contributed by atoms with Crippen LogP contribution in [0.15, 0.2) is 21.1 Å². The van der Waals surface area contributed by atoms with Gasteiger partial charge in [0.25, 0.3) is 0 Å². The van der Waals surface area contributed by atoms with Crippen molar-refractivity contribution in [3.8, 4) is 5.75 Å². The molecule has 2 nitrogen and oxygen atoms in total. The summed E-state index contributed by atoms with van der Waals surface area (Å²) in [5, 5.41) is 3.71. The van der Waals surface area contributed by atoms with E-state index in [9.17, 15) is 0 Å². The summed E-state index contributed by atoms with van der Waals surface area (Å²) in [6.07, 6.45) is 3.93. The van der Waals surface area contributed by atoms with Gasteiger partial charge in [-0.05, 0) is 87.6 Å². The molecule has 1 aliphatic carbocycles. The summed E-state index contributed by atoms with van der Waals surface area (Å²) in [4.78, 5) is 0. The summed E-state index contributed by atoms with van der Waals surface area (Å²) in [7, 11) is 0. The molecule has 4 heteroatoms. The molecule has 1 aromatic carbocycles. The SMILES string of the molecule is CCOc1c(Br)cc(CNC2CCC(C)C(C)C2)cc1Br. The number of hydrogen-bond acceptors (Lipinski definition) is 2. The first kappa shape index (κ1) is 17.3. The highest BCUT2D eigenvalue weighted by Gasteiger charge is 2.24. The zero-order chi connectivity index (χ0) is 15.4. The van der Waals surface area contributed by atoms with Crippen LogP contribution in [0.25, 0.3) is 0 Å². The largest absolute Gasteiger partial charge is 0.492 e. The molecule has 0 amide bonds. The number of nitrogens with one attached hydrogen (secondary N) is 1. The molecule has 0 spiro atoms. The topological polar surface area (TPSA) is 21.3 Å². The Morgan fingerprint density at radius 2 is 1.81 bits per heavy atom. The Kier molecular flexibility index (Phi) is 6.57. The van der Waals surface area contributed by atoms with E-state index in [1.54, 1.807) is 0 Å². The molecular formula is C17H25Br2NO. The van der Waals surface area contributed by atoms with Crippen molar-refractivity contribution < 1.29 is 4.74 Å². The molecule has 3 atom stereocenters. The van der Waals surface area contributed by atoms with E-state index in [-0.39, 0.29) is 0 Å². The van der Waals surface area contributed by atoms with E-state index in [0.29, 0.717) is 12.6 Å². The van der Waals surface area contributed by atoms with Crippen LogP contribution in [0.1, 0.15) is 45.6 Å². The van der Waals surface area contributed by atoms with Gasteiger partial charge in [0.05, 0.1) is 15.6 Å². The lowest BCUT2D eigenvalue weighted by Crippen LogP contribution is -2.35. The van der Waals surface area contributed by atoms with Crippen LogP contribution in [0.4, 0.5) is 0 Å². The molecule has 0 radical (unpaired) electrons. The van der Waals surface area contributed by atoms with E-state index in [2.05, 4.69) is 63.2 Å². The van der Waals surface area contributed by atoms with Crippen molar-refractivity contribution in [1.82, 2.24) is 5.32 Å². The predicted molar refractivity (Wildman–Crippen MR) is 95.8 cm³/mol. The second-order valence-corrected chi connectivity index (χ2v) is 7.88. The predicted octanol–water partition coefficient (Wildman–Crippen LogP) is 5.52. The van der Waals surface area contributed by atoms with Gasteiger partial charge in [-0.25, -0.2) is 0 Å². The molecule has 1 fully saturated rings. The maximum Gasteiger partial charge on any atom is 0.147 e. The van der Waals surface area contributed by atoms with Gasteiger partial charge in [0.15, 0.2) is 0 Å². The molecular weight excluding hydrogens is 394 g/mol. The summed E-state index contributed by atoms with van der Waals surface area (Å²) in [6, 6.07) is 4.95. The number of ether oxygens (including phenoxy) is 1. The second-order valence-electron chi connectivity index (χ2n) is 6.17. The van der Waals surface area contributed by atoms with Crippen LogP contribution in [-0.4, -0.2) is 12.6 Å². The summed E-state index contributed by atoms with van der Waals surface area (Å²) >= 11 is 7.20. The average Bonchev–Trinajstić information content (AvgIpc) is 2.44. The number of benzene rings is 1. The molecule has 1 aliphatic rings. The quantitative estimate of drug-likeness (QED) is 0.679. The van der Waals surface area contributed by atoms with Crippen molar-refractivity contribution in [2.75, 3.05) is 6.61 Å². The highest BCUT2D eigenvalue weighted by molar-refractivity contribution is 9.11. The number of hydrogen-bond donors (Lipinski definition) is 1. The Morgan fingerprint density at radius 1 is 1.14 bits per heavy atom. The van der Waals surface area contributed by atoms with Crippen molar-refractivity contribution in [1.29, 1.82) is 0 Å². The van der Waals surface area contributed by atoms with Crippen LogP contribution >= 0.6 is 31.9 Å². The van der Waals surface area contributed by atoms with E-state index in [1.807, 2.05) is 6.92 Å². The van der Waals surface area contributed by atoms with Gasteiger partial charge in [-0.2, -0.15) is 0 Å². The van der Waals surface area contributed by atoms with Gasteiger partial charge in [-0.15, -0.1) is 0 Å². The highest BCUT2D eigenvalue weighted by atomic mass is 79.9. The van der Waals surface area contributed by atoms with Gasteiger partial charge in [0, 0.05) is 12.6 Å². The first-order chi connectivity index (χ1) is 10.0. The average molecular weight is 419 g/mol. The molecule has 2 rings (SSSR count). The molecule has 0 bridgehead atoms. The van der Waals surface area contributed by atoms with Crippen LogP contribution < -0.4 is 10.1 Å². The first-order valence-corrected chi connectivity index (χ1v) is 9.44. The Morgan fingerprint density at radius 3 is 2.38 bits per heavy atom. The van der Waals surface area contributed by atoms with Crippen LogP contribution in [0, 0.1) is 11.8 Å². The van der Waals surface area contributed by atoms with Crippen molar-refractivity contribution >= 4 is 31.9 Å². The van der Waals surface area contributed by atoms with Crippen LogP contribution in [0.5, 0.6) is 5.75 Å². The summed E-state index contributed by atoms with van der Waals surface area (Å²) in [5.41, 5.74) is 1.28. The zero-order valence-corrected chi connectivity index (χ0v) is 16.3. The lowest BCUT2D eigenvalue weighted by Gasteiger charge is -2.32. The van der Waals surface area contributed by atoms with E-state index in [1.165, 1.54) is 24.8 Å². The van der Waals surface area contributed by atoms with Crippen molar-refractivity contribution in [2.45, 2.75) is 52.6 Å². The van der Waals surface area contributed by atoms with Gasteiger partial charge >= 0.3 is 0 Å². The fourth-order valence-corrected chi connectivity index (χ4v) is 4.50. The van der Waals surface area contributed by atoms with E-state index >= 15 is 0 Å². The molecule has 0 heterocycles. The van der Waals surface area contributed by atoms with Gasteiger partial charge in [-0.3, -0.25) is 0 Å². The molecule has 0 saturated heterocycles. The zero-order valence-electron chi connectivity index (χ0n) is 13.1. The van der Waals surface area contributed by atoms with Gasteiger partial charge < -0.3 is 10.1 Å². The Hall–Kier alpha value is -0.0600. The smallest absolute Gasteiger partial charge is 0.147 e. The van der Waals surface area contributed by atoms with Gasteiger partial charge in [-0.1, -0.05) is 13.8 Å². The fraction of sp³-hybridized carbons (Fsp3) is 0.647. The summed E-state index contributed by atoms with van der Waals surface area (Å²) in [5.74, 6) is 2.59. The Bertz CT molecular complexity index is 455. The van der Waals surface area contributed by atoms with Crippen LogP contribution in [0.2, 0.25) is 0 Å². The molecule has 3 unspecified atom stereocenters. The maximum absolute atomic E-state index is 5.63. The number of halogens is 2. The van der Waals surface area contributed by atoms with Crippen molar-refractivity contribution in [3.05, 3.63) is 26.6 Å². The molecule has 118 valence electrons. The third kappa shape index (κ3) is 4.70. The monoisotopic (exact) mass is 417 g/mol. The third-order valence-electron chi connectivity index (χ3n) is 4.54. The minimum Gasteiger partial charge on any atom is -0.492 e. The van der Waals surface area contributed by atoms with E-state index in [0.717, 1.165) is 33.1 Å². The lowest BCUT2D eigenvalue weighted by atomic mass is 9.79. The van der Waals surface area contributed by atoms with Crippen molar-refractivity contribution in [3.63, 3.8) is 0 Å². The van der Waals surface area contributed by atoms with Crippen LogP contribution in [0.3, 0.4) is 0 Å². The molecule has 1 N–H and O–H groups in total.